The molecule has 0 spiro atoms. The summed E-state index contributed by atoms with van der Waals surface area (Å²) < 4.78 is 5.56. The summed E-state index contributed by atoms with van der Waals surface area (Å²) in [5, 5.41) is 2.71. The minimum absolute atomic E-state index is 0.0716. The first-order chi connectivity index (χ1) is 17.4. The molecule has 0 radical (unpaired) electrons. The van der Waals surface area contributed by atoms with E-state index in [1.807, 2.05) is 57.2 Å². The molecule has 0 aliphatic carbocycles. The van der Waals surface area contributed by atoms with Crippen molar-refractivity contribution >= 4 is 51.1 Å². The van der Waals surface area contributed by atoms with E-state index in [0.717, 1.165) is 55.7 Å². The van der Waals surface area contributed by atoms with Crippen LogP contribution in [0, 0.1) is 27.7 Å². The van der Waals surface area contributed by atoms with Gasteiger partial charge in [0.15, 0.2) is 5.17 Å². The van der Waals surface area contributed by atoms with Gasteiger partial charge in [-0.2, -0.15) is 0 Å². The van der Waals surface area contributed by atoms with Crippen LogP contribution in [0.1, 0.15) is 27.8 Å². The Balaban J connectivity index is 1.67. The molecule has 0 aromatic heterocycles. The van der Waals surface area contributed by atoms with E-state index < -0.39 is 0 Å². The normalized spacial score (nSPS) is 15.9. The molecule has 1 saturated heterocycles. The predicted molar refractivity (Wildman–Crippen MR) is 152 cm³/mol. The zero-order chi connectivity index (χ0) is 25.4. The average molecular weight is 493 g/mol. The van der Waals surface area contributed by atoms with Crippen molar-refractivity contribution in [3.05, 3.63) is 106 Å². The molecule has 180 valence electrons. The molecule has 1 aliphatic heterocycles. The zero-order valence-corrected chi connectivity index (χ0v) is 21.9. The van der Waals surface area contributed by atoms with Gasteiger partial charge in [-0.15, -0.1) is 0 Å². The minimum Gasteiger partial charge on any atom is -0.496 e. The molecular weight excluding hydrogens is 464 g/mol. The number of amides is 1. The van der Waals surface area contributed by atoms with E-state index in [1.165, 1.54) is 11.8 Å². The smallest absolute Gasteiger partial charge is 0.271 e. The van der Waals surface area contributed by atoms with Crippen LogP contribution < -0.4 is 9.64 Å². The summed E-state index contributed by atoms with van der Waals surface area (Å²) in [7, 11) is 1.67. The third-order valence-corrected chi connectivity index (χ3v) is 7.39. The van der Waals surface area contributed by atoms with Crippen LogP contribution in [0.25, 0.3) is 16.8 Å². The van der Waals surface area contributed by atoms with Crippen LogP contribution in [-0.2, 0) is 4.79 Å². The summed E-state index contributed by atoms with van der Waals surface area (Å²) in [6, 6.07) is 24.4. The van der Waals surface area contributed by atoms with Crippen LogP contribution >= 0.6 is 11.8 Å². The maximum Gasteiger partial charge on any atom is 0.271 e. The first-order valence-corrected chi connectivity index (χ1v) is 12.7. The van der Waals surface area contributed by atoms with E-state index in [4.69, 9.17) is 9.73 Å². The largest absolute Gasteiger partial charge is 0.496 e. The molecule has 5 heteroatoms. The number of hydrogen-bond donors (Lipinski definition) is 0. The molecule has 0 bridgehead atoms. The topological polar surface area (TPSA) is 41.9 Å². The summed E-state index contributed by atoms with van der Waals surface area (Å²) in [6.07, 6.45) is 1.97. The van der Waals surface area contributed by atoms with Crippen molar-refractivity contribution in [1.29, 1.82) is 0 Å². The van der Waals surface area contributed by atoms with Crippen LogP contribution in [0.4, 0.5) is 11.4 Å². The monoisotopic (exact) mass is 492 g/mol. The third-order valence-electron chi connectivity index (χ3n) is 6.42. The lowest BCUT2D eigenvalue weighted by molar-refractivity contribution is -0.113. The Morgan fingerprint density at radius 1 is 0.833 bits per heavy atom. The molecule has 1 fully saturated rings. The Kier molecular flexibility index (Phi) is 6.42. The number of methoxy groups -OCH3 is 1. The fourth-order valence-electron chi connectivity index (χ4n) is 4.40. The second kappa shape index (κ2) is 9.67. The first kappa shape index (κ1) is 23.9. The van der Waals surface area contributed by atoms with E-state index in [-0.39, 0.29) is 5.91 Å². The van der Waals surface area contributed by atoms with Gasteiger partial charge in [0.05, 0.1) is 23.4 Å². The Labute approximate surface area is 216 Å². The molecule has 1 aliphatic rings. The van der Waals surface area contributed by atoms with E-state index in [2.05, 4.69) is 49.4 Å². The summed E-state index contributed by atoms with van der Waals surface area (Å²) >= 11 is 1.42. The van der Waals surface area contributed by atoms with Crippen molar-refractivity contribution in [2.24, 2.45) is 4.99 Å². The molecule has 5 rings (SSSR count). The highest BCUT2D eigenvalue weighted by atomic mass is 32.2. The van der Waals surface area contributed by atoms with Crippen molar-refractivity contribution < 1.29 is 9.53 Å². The van der Waals surface area contributed by atoms with Crippen LogP contribution in [0.2, 0.25) is 0 Å². The zero-order valence-electron chi connectivity index (χ0n) is 21.1. The van der Waals surface area contributed by atoms with Gasteiger partial charge < -0.3 is 4.74 Å². The number of rotatable bonds is 4. The van der Waals surface area contributed by atoms with Crippen LogP contribution in [0.15, 0.2) is 82.7 Å². The molecule has 0 saturated carbocycles. The Morgan fingerprint density at radius 3 is 2.28 bits per heavy atom. The SMILES string of the molecule is COc1ccc(C=C2SC(=Nc3cc(C)ccc3C)N(c3cc(C)ccc3C)C2=O)c2ccccc12. The van der Waals surface area contributed by atoms with Crippen LogP contribution in [0.3, 0.4) is 0 Å². The first-order valence-electron chi connectivity index (χ1n) is 11.9. The fraction of sp³-hybridized carbons (Fsp3) is 0.161. The number of hydrogen-bond acceptors (Lipinski definition) is 4. The highest BCUT2D eigenvalue weighted by Crippen LogP contribution is 2.40. The number of aryl methyl sites for hydroxylation is 4. The van der Waals surface area contributed by atoms with Crippen molar-refractivity contribution in [3.63, 3.8) is 0 Å². The maximum atomic E-state index is 13.9. The van der Waals surface area contributed by atoms with Crippen molar-refractivity contribution in [2.45, 2.75) is 27.7 Å². The standard InChI is InChI=1S/C31H28N2O2S/c1-19-10-12-21(3)26(16-19)32-31-33(27-17-20(2)11-13-22(27)4)30(34)29(36-31)18-23-14-15-28(35-5)25-9-7-6-8-24(23)25/h6-18H,1-5H3. The highest BCUT2D eigenvalue weighted by Gasteiger charge is 2.35. The minimum atomic E-state index is -0.0716. The number of aliphatic imine (C=N–C) groups is 1. The van der Waals surface area contributed by atoms with Crippen LogP contribution in [-0.4, -0.2) is 18.2 Å². The molecule has 36 heavy (non-hydrogen) atoms. The van der Waals surface area contributed by atoms with E-state index >= 15 is 0 Å². The van der Waals surface area contributed by atoms with Gasteiger partial charge in [-0.3, -0.25) is 9.69 Å². The summed E-state index contributed by atoms with van der Waals surface area (Å²) in [5.74, 6) is 0.741. The lowest BCUT2D eigenvalue weighted by atomic mass is 10.0. The predicted octanol–water partition coefficient (Wildman–Crippen LogP) is 7.89. The van der Waals surface area contributed by atoms with E-state index in [9.17, 15) is 4.79 Å². The van der Waals surface area contributed by atoms with Gasteiger partial charge in [0.25, 0.3) is 5.91 Å². The lowest BCUT2D eigenvalue weighted by Gasteiger charge is -2.19. The van der Waals surface area contributed by atoms with Crippen molar-refractivity contribution in [2.75, 3.05) is 12.0 Å². The van der Waals surface area contributed by atoms with Gasteiger partial charge in [-0.05, 0) is 96.9 Å². The number of carbonyl (C=O) groups is 1. The Morgan fingerprint density at radius 2 is 1.53 bits per heavy atom. The average Bonchev–Trinajstić information content (AvgIpc) is 3.17. The van der Waals surface area contributed by atoms with E-state index in [1.54, 1.807) is 12.0 Å². The number of benzene rings is 4. The summed E-state index contributed by atoms with van der Waals surface area (Å²) in [4.78, 5) is 21.3. The molecule has 4 aromatic rings. The third kappa shape index (κ3) is 4.42. The molecule has 0 unspecified atom stereocenters. The van der Waals surface area contributed by atoms with Crippen LogP contribution in [0.5, 0.6) is 5.75 Å². The van der Waals surface area contributed by atoms with Gasteiger partial charge >= 0.3 is 0 Å². The molecule has 1 heterocycles. The second-order valence-corrected chi connectivity index (χ2v) is 10.1. The van der Waals surface area contributed by atoms with Gasteiger partial charge in [-0.25, -0.2) is 4.99 Å². The Bertz CT molecular complexity index is 1570. The van der Waals surface area contributed by atoms with Gasteiger partial charge in [-0.1, -0.05) is 54.6 Å². The van der Waals surface area contributed by atoms with Gasteiger partial charge in [0, 0.05) is 5.39 Å². The van der Waals surface area contributed by atoms with E-state index in [0.29, 0.717) is 10.1 Å². The number of ether oxygens (including phenoxy) is 1. The number of thioether (sulfide) groups is 1. The number of nitrogens with zero attached hydrogens (tertiary/aromatic N) is 2. The lowest BCUT2D eigenvalue weighted by Crippen LogP contribution is -2.29. The molecule has 0 N–H and O–H groups in total. The van der Waals surface area contributed by atoms with Gasteiger partial charge in [0.2, 0.25) is 0 Å². The quantitative estimate of drug-likeness (QED) is 0.272. The second-order valence-electron chi connectivity index (χ2n) is 9.13. The molecule has 1 amide bonds. The summed E-state index contributed by atoms with van der Waals surface area (Å²) in [6.45, 7) is 8.17. The number of fused-ring (bicyclic) bond motifs is 1. The Hall–Kier alpha value is -3.83. The number of amidine groups is 1. The molecule has 4 aromatic carbocycles. The molecule has 0 atom stereocenters. The van der Waals surface area contributed by atoms with Crippen molar-refractivity contribution in [3.8, 4) is 5.75 Å². The fourth-order valence-corrected chi connectivity index (χ4v) is 5.38. The van der Waals surface area contributed by atoms with Gasteiger partial charge in [0.1, 0.15) is 5.75 Å². The maximum absolute atomic E-state index is 13.9. The molecule has 4 nitrogen and oxygen atoms in total. The highest BCUT2D eigenvalue weighted by molar-refractivity contribution is 8.19. The molecular formula is C31H28N2O2S. The number of carbonyl (C=O) groups excluding carboxylic acids is 1. The summed E-state index contributed by atoms with van der Waals surface area (Å²) in [5.41, 5.74) is 7.03. The number of anilines is 1. The van der Waals surface area contributed by atoms with Crippen molar-refractivity contribution in [1.82, 2.24) is 0 Å².